The van der Waals surface area contributed by atoms with Crippen LogP contribution >= 0.6 is 0 Å². The Balaban J connectivity index is 1.29. The molecule has 0 radical (unpaired) electrons. The highest BCUT2D eigenvalue weighted by Gasteiger charge is 2.30. The van der Waals surface area contributed by atoms with Gasteiger partial charge in [-0.3, -0.25) is 9.69 Å². The van der Waals surface area contributed by atoms with E-state index in [-0.39, 0.29) is 24.2 Å². The number of amides is 1. The molecular weight excluding hydrogens is 511 g/mol. The number of carbonyl (C=O) groups is 1. The molecule has 1 atom stereocenters. The molecule has 3 aliphatic heterocycles. The first kappa shape index (κ1) is 26.4. The lowest BCUT2D eigenvalue weighted by atomic mass is 10.0. The number of pyridine rings is 1. The minimum absolute atomic E-state index is 0.135. The van der Waals surface area contributed by atoms with Crippen LogP contribution < -0.4 is 15.5 Å². The third-order valence-corrected chi connectivity index (χ3v) is 8.29. The van der Waals surface area contributed by atoms with Crippen LogP contribution in [0.5, 0.6) is 0 Å². The molecule has 3 aliphatic rings. The molecule has 11 nitrogen and oxygen atoms in total. The number of rotatable bonds is 6. The molecule has 2 N–H and O–H groups in total. The zero-order valence-corrected chi connectivity index (χ0v) is 22.6. The van der Waals surface area contributed by atoms with Crippen LogP contribution in [-0.2, 0) is 4.79 Å². The van der Waals surface area contributed by atoms with Crippen LogP contribution in [0.2, 0.25) is 0 Å². The van der Waals surface area contributed by atoms with E-state index in [0.29, 0.717) is 43.9 Å². The normalized spacial score (nSPS) is 20.9. The Morgan fingerprint density at radius 1 is 1.12 bits per heavy atom. The topological polar surface area (TPSA) is 118 Å². The van der Waals surface area contributed by atoms with Crippen molar-refractivity contribution in [3.63, 3.8) is 0 Å². The second-order valence-corrected chi connectivity index (χ2v) is 10.8. The molecule has 0 unspecified atom stereocenters. The number of hydrogen-bond donors (Lipinski definition) is 2. The number of piperidine rings is 2. The fraction of sp³-hybridized carbons (Fsp3) is 0.536. The molecule has 0 aromatic carbocycles. The molecule has 3 saturated heterocycles. The van der Waals surface area contributed by atoms with E-state index < -0.39 is 5.82 Å². The van der Waals surface area contributed by atoms with Gasteiger partial charge in [0.25, 0.3) is 0 Å². The van der Waals surface area contributed by atoms with Crippen molar-refractivity contribution in [3.05, 3.63) is 36.4 Å². The minimum atomic E-state index is -0.476. The van der Waals surface area contributed by atoms with Crippen LogP contribution in [0.4, 0.5) is 16.0 Å². The monoisotopic (exact) mass is 546 g/mol. The van der Waals surface area contributed by atoms with Crippen molar-refractivity contribution in [1.29, 1.82) is 5.26 Å². The summed E-state index contributed by atoms with van der Waals surface area (Å²) in [5, 5.41) is 20.1. The summed E-state index contributed by atoms with van der Waals surface area (Å²) < 4.78 is 17.9. The first-order valence-electron chi connectivity index (χ1n) is 14.2. The number of nitriles is 1. The third kappa shape index (κ3) is 5.44. The van der Waals surface area contributed by atoms with Gasteiger partial charge in [-0.25, -0.2) is 14.5 Å². The number of likely N-dealkylation sites (tertiary alicyclic amines) is 1. The number of piperazine rings is 1. The van der Waals surface area contributed by atoms with Crippen molar-refractivity contribution in [2.24, 2.45) is 0 Å². The summed E-state index contributed by atoms with van der Waals surface area (Å²) in [4.78, 5) is 28.0. The molecule has 6 rings (SSSR count). The van der Waals surface area contributed by atoms with Crippen molar-refractivity contribution < 1.29 is 9.18 Å². The zero-order chi connectivity index (χ0) is 27.5. The lowest BCUT2D eigenvalue weighted by molar-refractivity contribution is -0.131. The van der Waals surface area contributed by atoms with Crippen LogP contribution in [0.1, 0.15) is 32.1 Å². The van der Waals surface area contributed by atoms with Gasteiger partial charge in [0.15, 0.2) is 17.5 Å². The van der Waals surface area contributed by atoms with Crippen molar-refractivity contribution >= 4 is 23.1 Å². The summed E-state index contributed by atoms with van der Waals surface area (Å²) in [5.74, 6) is 0.165. The van der Waals surface area contributed by atoms with Gasteiger partial charge in [-0.15, -0.1) is 0 Å². The summed E-state index contributed by atoms with van der Waals surface area (Å²) in [6, 6.07) is 8.10. The van der Waals surface area contributed by atoms with Gasteiger partial charge in [0.2, 0.25) is 11.7 Å². The van der Waals surface area contributed by atoms with Gasteiger partial charge < -0.3 is 20.4 Å². The molecule has 0 bridgehead atoms. The van der Waals surface area contributed by atoms with Crippen LogP contribution in [-0.4, -0.2) is 99.7 Å². The van der Waals surface area contributed by atoms with Gasteiger partial charge >= 0.3 is 0 Å². The standard InChI is InChI=1S/C28H35FN10O/c29-25-27(33-20-4-3-12-38(19-20)24(40)6-9-30)34-26(22-18-32-39-13-2-1-5-23(22)39)35-28(25)37-16-14-36(15-17-37)21-7-10-31-11-8-21/h1-2,5,13,18,20-21,31H,3-4,6-8,10-12,14-17,19H2,(H,33,34,35)/t20-/m1/s1. The maximum Gasteiger partial charge on any atom is 0.236 e. The third-order valence-electron chi connectivity index (χ3n) is 8.29. The summed E-state index contributed by atoms with van der Waals surface area (Å²) in [7, 11) is 0. The van der Waals surface area contributed by atoms with E-state index in [0.717, 1.165) is 62.9 Å². The van der Waals surface area contributed by atoms with Crippen molar-refractivity contribution in [3.8, 4) is 17.5 Å². The zero-order valence-electron chi connectivity index (χ0n) is 22.6. The van der Waals surface area contributed by atoms with Gasteiger partial charge in [-0.1, -0.05) is 6.07 Å². The number of nitrogens with one attached hydrogen (secondary N) is 2. The van der Waals surface area contributed by atoms with Crippen LogP contribution in [0.15, 0.2) is 30.6 Å². The van der Waals surface area contributed by atoms with Crippen LogP contribution in [0, 0.1) is 17.1 Å². The van der Waals surface area contributed by atoms with Gasteiger partial charge in [0.05, 0.1) is 23.3 Å². The number of hydrogen-bond acceptors (Lipinski definition) is 9. The minimum Gasteiger partial charge on any atom is -0.363 e. The molecule has 12 heteroatoms. The summed E-state index contributed by atoms with van der Waals surface area (Å²) in [6.45, 7) is 6.19. The number of carbonyl (C=O) groups excluding carboxylic acids is 1. The Bertz CT molecular complexity index is 1390. The highest BCUT2D eigenvalue weighted by Crippen LogP contribution is 2.31. The number of fused-ring (bicyclic) bond motifs is 1. The summed E-state index contributed by atoms with van der Waals surface area (Å²) >= 11 is 0. The molecule has 3 fully saturated rings. The molecule has 3 aromatic rings. The number of nitrogens with zero attached hydrogens (tertiary/aromatic N) is 8. The lowest BCUT2D eigenvalue weighted by Crippen LogP contribution is -2.53. The Hall–Kier alpha value is -3.82. The SMILES string of the molecule is N#CCC(=O)N1CCC[C@@H](Nc2nc(-c3cnn4ccccc34)nc(N3CCN(C4CCNCC4)CC3)c2F)C1. The molecule has 210 valence electrons. The predicted octanol–water partition coefficient (Wildman–Crippen LogP) is 2.12. The van der Waals surface area contributed by atoms with Gasteiger partial charge in [0.1, 0.15) is 6.42 Å². The van der Waals surface area contributed by atoms with E-state index >= 15 is 4.39 Å². The molecule has 6 heterocycles. The fourth-order valence-corrected chi connectivity index (χ4v) is 6.13. The second kappa shape index (κ2) is 11.7. The van der Waals surface area contributed by atoms with Crippen molar-refractivity contribution in [1.82, 2.24) is 34.7 Å². The van der Waals surface area contributed by atoms with Crippen molar-refractivity contribution in [2.45, 2.75) is 44.2 Å². The van der Waals surface area contributed by atoms with E-state index in [2.05, 4.69) is 25.6 Å². The molecule has 1 amide bonds. The molecule has 0 spiro atoms. The highest BCUT2D eigenvalue weighted by atomic mass is 19.1. The largest absolute Gasteiger partial charge is 0.363 e. The first-order valence-corrected chi connectivity index (χ1v) is 14.2. The van der Waals surface area contributed by atoms with E-state index in [9.17, 15) is 4.79 Å². The molecule has 3 aromatic heterocycles. The second-order valence-electron chi connectivity index (χ2n) is 10.8. The summed E-state index contributed by atoms with van der Waals surface area (Å²) in [6.07, 6.45) is 7.25. The molecule has 0 saturated carbocycles. The van der Waals surface area contributed by atoms with Gasteiger partial charge in [-0.2, -0.15) is 14.8 Å². The lowest BCUT2D eigenvalue weighted by Gasteiger charge is -2.41. The Kier molecular flexibility index (Phi) is 7.75. The fourth-order valence-electron chi connectivity index (χ4n) is 6.13. The quantitative estimate of drug-likeness (QED) is 0.479. The van der Waals surface area contributed by atoms with E-state index in [1.165, 1.54) is 0 Å². The maximum absolute atomic E-state index is 16.2. The average molecular weight is 547 g/mol. The first-order chi connectivity index (χ1) is 19.6. The summed E-state index contributed by atoms with van der Waals surface area (Å²) in [5.41, 5.74) is 1.57. The number of anilines is 2. The number of aromatic nitrogens is 4. The van der Waals surface area contributed by atoms with E-state index in [4.69, 9.17) is 10.2 Å². The smallest absolute Gasteiger partial charge is 0.236 e. The maximum atomic E-state index is 16.2. The molecule has 0 aliphatic carbocycles. The Labute approximate surface area is 233 Å². The molecule has 40 heavy (non-hydrogen) atoms. The Morgan fingerprint density at radius 2 is 1.95 bits per heavy atom. The van der Waals surface area contributed by atoms with E-state index in [1.54, 1.807) is 15.6 Å². The Morgan fingerprint density at radius 3 is 2.75 bits per heavy atom. The van der Waals surface area contributed by atoms with E-state index in [1.807, 2.05) is 35.4 Å². The predicted molar refractivity (Wildman–Crippen MR) is 149 cm³/mol. The van der Waals surface area contributed by atoms with Crippen LogP contribution in [0.25, 0.3) is 16.9 Å². The van der Waals surface area contributed by atoms with Gasteiger partial charge in [0, 0.05) is 57.5 Å². The highest BCUT2D eigenvalue weighted by molar-refractivity contribution is 5.79. The average Bonchev–Trinajstić information content (AvgIpc) is 3.43. The number of halogens is 1. The molecular formula is C28H35FN10O. The van der Waals surface area contributed by atoms with Crippen molar-refractivity contribution in [2.75, 3.05) is 62.6 Å². The van der Waals surface area contributed by atoms with Gasteiger partial charge in [-0.05, 0) is 50.9 Å². The van der Waals surface area contributed by atoms with Crippen LogP contribution in [0.3, 0.4) is 0 Å².